The minimum atomic E-state index is -0.630. The molecule has 7 heteroatoms. The summed E-state index contributed by atoms with van der Waals surface area (Å²) in [6.07, 6.45) is 1.95. The second kappa shape index (κ2) is 3.74. The van der Waals surface area contributed by atoms with E-state index < -0.39 is 4.92 Å². The second-order valence-electron chi connectivity index (χ2n) is 2.67. The van der Waals surface area contributed by atoms with Crippen molar-refractivity contribution in [1.82, 2.24) is 15.0 Å². The molecule has 0 aliphatic heterocycles. The second-order valence-corrected chi connectivity index (χ2v) is 2.67. The van der Waals surface area contributed by atoms with Gasteiger partial charge >= 0.3 is 5.82 Å². The van der Waals surface area contributed by atoms with Crippen molar-refractivity contribution in [3.05, 3.63) is 16.3 Å². The minimum absolute atomic E-state index is 0.221. The van der Waals surface area contributed by atoms with Crippen LogP contribution in [0.3, 0.4) is 0 Å². The van der Waals surface area contributed by atoms with Crippen LogP contribution in [0.25, 0.3) is 0 Å². The molecule has 1 atom stereocenters. The van der Waals surface area contributed by atoms with Crippen LogP contribution < -0.4 is 0 Å². The SMILES string of the molecule is CC(C=O)Cn1cc([N+](=O)[O-])nn1. The number of hydrogen-bond acceptors (Lipinski definition) is 5. The molecule has 0 fully saturated rings. The fraction of sp³-hybridized carbons (Fsp3) is 0.500. The van der Waals surface area contributed by atoms with Gasteiger partial charge in [-0.15, -0.1) is 0 Å². The summed E-state index contributed by atoms with van der Waals surface area (Å²) in [5, 5.41) is 17.0. The van der Waals surface area contributed by atoms with Crippen LogP contribution in [0.4, 0.5) is 5.82 Å². The Bertz CT molecular complexity index is 321. The van der Waals surface area contributed by atoms with Crippen LogP contribution in [0.2, 0.25) is 0 Å². The number of carbonyl (C=O) groups is 1. The lowest BCUT2D eigenvalue weighted by Gasteiger charge is -1.98. The molecule has 70 valence electrons. The molecular formula is C6H8N4O3. The van der Waals surface area contributed by atoms with Gasteiger partial charge in [-0.1, -0.05) is 6.92 Å². The van der Waals surface area contributed by atoms with E-state index in [1.165, 1.54) is 10.9 Å². The van der Waals surface area contributed by atoms with Gasteiger partial charge in [0.2, 0.25) is 0 Å². The quantitative estimate of drug-likeness (QED) is 0.373. The Labute approximate surface area is 73.5 Å². The smallest absolute Gasteiger partial charge is 0.358 e. The van der Waals surface area contributed by atoms with E-state index in [1.807, 2.05) is 0 Å². The summed E-state index contributed by atoms with van der Waals surface area (Å²) >= 11 is 0. The summed E-state index contributed by atoms with van der Waals surface area (Å²) in [6.45, 7) is 2.00. The van der Waals surface area contributed by atoms with Crippen molar-refractivity contribution in [2.24, 2.45) is 5.92 Å². The Morgan fingerprint density at radius 1 is 1.85 bits per heavy atom. The number of carbonyl (C=O) groups excluding carboxylic acids is 1. The highest BCUT2D eigenvalue weighted by Gasteiger charge is 2.13. The van der Waals surface area contributed by atoms with Gasteiger partial charge < -0.3 is 14.9 Å². The van der Waals surface area contributed by atoms with Gasteiger partial charge in [0, 0.05) is 5.92 Å². The largest absolute Gasteiger partial charge is 0.410 e. The van der Waals surface area contributed by atoms with Crippen LogP contribution in [0.15, 0.2) is 6.20 Å². The Hall–Kier alpha value is -1.79. The van der Waals surface area contributed by atoms with Crippen molar-refractivity contribution in [2.45, 2.75) is 13.5 Å². The fourth-order valence-electron chi connectivity index (χ4n) is 0.799. The van der Waals surface area contributed by atoms with E-state index in [0.717, 1.165) is 6.29 Å². The standard InChI is InChI=1S/C6H8N4O3/c1-5(4-11)2-9-3-6(7-8-9)10(12)13/h3-5H,2H2,1H3. The zero-order chi connectivity index (χ0) is 9.84. The van der Waals surface area contributed by atoms with E-state index in [1.54, 1.807) is 6.92 Å². The van der Waals surface area contributed by atoms with Crippen molar-refractivity contribution in [3.63, 3.8) is 0 Å². The lowest BCUT2D eigenvalue weighted by Crippen LogP contribution is -2.08. The highest BCUT2D eigenvalue weighted by molar-refractivity contribution is 5.52. The maximum absolute atomic E-state index is 10.3. The maximum atomic E-state index is 10.3. The highest BCUT2D eigenvalue weighted by atomic mass is 16.6. The monoisotopic (exact) mass is 184 g/mol. The Morgan fingerprint density at radius 3 is 3.00 bits per heavy atom. The van der Waals surface area contributed by atoms with E-state index in [2.05, 4.69) is 10.3 Å². The van der Waals surface area contributed by atoms with E-state index >= 15 is 0 Å². The molecule has 13 heavy (non-hydrogen) atoms. The molecule has 1 rings (SSSR count). The number of aldehydes is 1. The maximum Gasteiger partial charge on any atom is 0.410 e. The van der Waals surface area contributed by atoms with Gasteiger partial charge in [0.15, 0.2) is 0 Å². The number of aromatic nitrogens is 3. The van der Waals surface area contributed by atoms with Crippen molar-refractivity contribution in [2.75, 3.05) is 0 Å². The Kier molecular flexibility index (Phi) is 2.68. The van der Waals surface area contributed by atoms with Gasteiger partial charge in [0.25, 0.3) is 0 Å². The van der Waals surface area contributed by atoms with Crippen LogP contribution in [0.1, 0.15) is 6.92 Å². The molecule has 0 aromatic carbocycles. The topological polar surface area (TPSA) is 90.9 Å². The van der Waals surface area contributed by atoms with E-state index in [9.17, 15) is 14.9 Å². The molecule has 0 aliphatic rings. The van der Waals surface area contributed by atoms with Gasteiger partial charge in [-0.3, -0.25) is 0 Å². The number of hydrogen-bond donors (Lipinski definition) is 0. The number of nitro groups is 1. The molecule has 1 unspecified atom stereocenters. The fourth-order valence-corrected chi connectivity index (χ4v) is 0.799. The van der Waals surface area contributed by atoms with E-state index in [-0.39, 0.29) is 11.7 Å². The van der Waals surface area contributed by atoms with Gasteiger partial charge in [-0.2, -0.15) is 0 Å². The molecule has 1 aromatic heterocycles. The third kappa shape index (κ3) is 2.32. The summed E-state index contributed by atoms with van der Waals surface area (Å²) in [6, 6.07) is 0. The van der Waals surface area contributed by atoms with Crippen LogP contribution in [0, 0.1) is 16.0 Å². The van der Waals surface area contributed by atoms with Gasteiger partial charge in [0.05, 0.1) is 11.8 Å². The van der Waals surface area contributed by atoms with Crippen LogP contribution >= 0.6 is 0 Å². The molecule has 0 radical (unpaired) electrons. The average molecular weight is 184 g/mol. The van der Waals surface area contributed by atoms with Crippen molar-refractivity contribution in [3.8, 4) is 0 Å². The molecule has 7 nitrogen and oxygen atoms in total. The van der Waals surface area contributed by atoms with E-state index in [0.29, 0.717) is 6.54 Å². The highest BCUT2D eigenvalue weighted by Crippen LogP contribution is 2.04. The normalized spacial score (nSPS) is 12.4. The summed E-state index contributed by atoms with van der Waals surface area (Å²) < 4.78 is 1.27. The number of nitrogens with zero attached hydrogens (tertiary/aromatic N) is 4. The van der Waals surface area contributed by atoms with Gasteiger partial charge in [-0.25, -0.2) is 4.68 Å². The lowest BCUT2D eigenvalue weighted by atomic mass is 10.2. The average Bonchev–Trinajstić information content (AvgIpc) is 2.52. The van der Waals surface area contributed by atoms with Crippen molar-refractivity contribution >= 4 is 12.1 Å². The third-order valence-corrected chi connectivity index (χ3v) is 1.42. The van der Waals surface area contributed by atoms with Crippen molar-refractivity contribution in [1.29, 1.82) is 0 Å². The van der Waals surface area contributed by atoms with Crippen LogP contribution in [0.5, 0.6) is 0 Å². The zero-order valence-electron chi connectivity index (χ0n) is 6.95. The van der Waals surface area contributed by atoms with Crippen LogP contribution in [-0.4, -0.2) is 26.2 Å². The van der Waals surface area contributed by atoms with Gasteiger partial charge in [-0.05, 0) is 4.92 Å². The molecule has 0 amide bonds. The minimum Gasteiger partial charge on any atom is -0.358 e. The predicted octanol–water partition coefficient (Wildman–Crippen LogP) is 0.0213. The summed E-state index contributed by atoms with van der Waals surface area (Å²) in [4.78, 5) is 19.8. The molecule has 0 bridgehead atoms. The molecule has 0 saturated heterocycles. The van der Waals surface area contributed by atoms with Crippen LogP contribution in [-0.2, 0) is 11.3 Å². The predicted molar refractivity (Wildman–Crippen MR) is 41.9 cm³/mol. The first-order chi connectivity index (χ1) is 6.13. The summed E-state index contributed by atoms with van der Waals surface area (Å²) in [5.74, 6) is -0.528. The molecule has 0 saturated carbocycles. The summed E-state index contributed by atoms with van der Waals surface area (Å²) in [7, 11) is 0. The first kappa shape index (κ1) is 9.30. The Balaban J connectivity index is 2.69. The molecule has 1 heterocycles. The van der Waals surface area contributed by atoms with Crippen molar-refractivity contribution < 1.29 is 9.72 Å². The zero-order valence-corrected chi connectivity index (χ0v) is 6.95. The third-order valence-electron chi connectivity index (χ3n) is 1.42. The first-order valence-electron chi connectivity index (χ1n) is 3.63. The van der Waals surface area contributed by atoms with E-state index in [4.69, 9.17) is 0 Å². The Morgan fingerprint density at radius 2 is 2.54 bits per heavy atom. The molecule has 0 N–H and O–H groups in total. The lowest BCUT2D eigenvalue weighted by molar-refractivity contribution is -0.389. The number of rotatable bonds is 4. The summed E-state index contributed by atoms with van der Waals surface area (Å²) in [5.41, 5.74) is 0. The molecule has 0 aliphatic carbocycles. The molecular weight excluding hydrogens is 176 g/mol. The first-order valence-corrected chi connectivity index (χ1v) is 3.63. The molecule has 1 aromatic rings. The van der Waals surface area contributed by atoms with Gasteiger partial charge in [0.1, 0.15) is 17.6 Å². The molecule has 0 spiro atoms.